The number of nitrogens with zero attached hydrogens (tertiary/aromatic N) is 4. The van der Waals surface area contributed by atoms with Crippen LogP contribution < -0.4 is 9.44 Å². The Hall–Kier alpha value is -8.27. The first-order valence-electron chi connectivity index (χ1n) is 27.1. The summed E-state index contributed by atoms with van der Waals surface area (Å²) in [5.41, 5.74) is 4.59. The zero-order valence-corrected chi connectivity index (χ0v) is 49.2. The molecule has 18 nitrogen and oxygen atoms in total. The van der Waals surface area contributed by atoms with Crippen molar-refractivity contribution in [2.75, 3.05) is 26.2 Å². The number of carbonyl (C=O) groups is 4. The van der Waals surface area contributed by atoms with Gasteiger partial charge in [0.05, 0.1) is 40.6 Å². The second-order valence-electron chi connectivity index (χ2n) is 21.3. The highest BCUT2D eigenvalue weighted by molar-refractivity contribution is 7.99. The average molecular weight is 1180 g/mol. The van der Waals surface area contributed by atoms with Crippen LogP contribution in [0.4, 0.5) is 11.4 Å². The first-order valence-corrected chi connectivity index (χ1v) is 30.9. The first-order chi connectivity index (χ1) is 39.4. The molecule has 0 spiro atoms. The summed E-state index contributed by atoms with van der Waals surface area (Å²) in [6.45, 7) is 12.0. The van der Waals surface area contributed by atoms with Crippen molar-refractivity contribution >= 4 is 79.0 Å². The van der Waals surface area contributed by atoms with Gasteiger partial charge in [0.2, 0.25) is 23.6 Å². The first kappa shape index (κ1) is 60.8. The van der Waals surface area contributed by atoms with E-state index >= 15 is 0 Å². The zero-order chi connectivity index (χ0) is 59.9. The molecule has 21 heteroatoms. The van der Waals surface area contributed by atoms with E-state index in [4.69, 9.17) is 0 Å². The normalized spacial score (nSPS) is 14.6. The summed E-state index contributed by atoms with van der Waals surface area (Å²) >= 11 is 0.843. The number of benzene rings is 6. The van der Waals surface area contributed by atoms with Crippen molar-refractivity contribution in [1.82, 2.24) is 19.2 Å². The van der Waals surface area contributed by atoms with Crippen LogP contribution in [-0.4, -0.2) is 86.3 Å². The lowest BCUT2D eigenvalue weighted by Gasteiger charge is -2.30. The third kappa shape index (κ3) is 14.2. The average Bonchev–Trinajstić information content (AvgIpc) is 3.57. The number of hydrogen-bond acceptors (Lipinski definition) is 13. The van der Waals surface area contributed by atoms with Crippen LogP contribution in [0.1, 0.15) is 98.6 Å². The van der Waals surface area contributed by atoms with Crippen LogP contribution in [0.5, 0.6) is 0 Å². The van der Waals surface area contributed by atoms with Gasteiger partial charge >= 0.3 is 0 Å². The van der Waals surface area contributed by atoms with Gasteiger partial charge in [-0.05, 0) is 133 Å². The van der Waals surface area contributed by atoms with Crippen molar-refractivity contribution < 1.29 is 45.9 Å². The summed E-state index contributed by atoms with van der Waals surface area (Å²) in [7, 11) is -8.22. The van der Waals surface area contributed by atoms with Crippen molar-refractivity contribution in [3.63, 3.8) is 0 Å². The van der Waals surface area contributed by atoms with Gasteiger partial charge in [-0.2, -0.15) is 0 Å². The van der Waals surface area contributed by atoms with Crippen LogP contribution in [0, 0.1) is 45.9 Å². The molecule has 0 unspecified atom stereocenters. The van der Waals surface area contributed by atoms with E-state index in [1.165, 1.54) is 70.5 Å². The number of nitrogens with one attached hydrogen (secondary N) is 2. The lowest BCUT2D eigenvalue weighted by Crippen LogP contribution is -2.43. The molecule has 2 saturated heterocycles. The molecule has 2 fully saturated rings. The minimum Gasteiger partial charge on any atom is -0.339 e. The molecule has 0 aliphatic carbocycles. The predicted octanol–water partition coefficient (Wildman–Crippen LogP) is 11.4. The van der Waals surface area contributed by atoms with E-state index < -0.39 is 65.4 Å². The number of aryl methyl sites for hydroxylation is 2. The molecule has 0 saturated carbocycles. The molecule has 2 N–H and O–H groups in total. The summed E-state index contributed by atoms with van der Waals surface area (Å²) in [6.07, 6.45) is 6.38. The number of amides is 4. The molecule has 8 rings (SSSR count). The predicted molar refractivity (Wildman–Crippen MR) is 319 cm³/mol. The molecule has 6 aromatic carbocycles. The fourth-order valence-corrected chi connectivity index (χ4v) is 13.5. The summed E-state index contributed by atoms with van der Waals surface area (Å²) in [6, 6.07) is 32.8. The molecule has 2 aliphatic heterocycles. The fourth-order valence-electron chi connectivity index (χ4n) is 10.4. The standard InChI is InChI=1S/C62H64N6O12S3/c1-39(2)49-11-7-9-13-51(49)57-43(21-29-55(69)65-35-31-45(32-36-65)61(71)63-82(77,78)47-23-15-41(5)16-24-47)19-27-53(59(57)67(73)74)81-54-28-20-44(58(60(54)68(75)76)52-14-10-8-12-50(52)40(3)4)22-30-56(70)66-37-33-46(34-38-66)62(72)64-83(79,80)48-25-17-42(6)18-26-48/h7-30,39-40,45-46H,31-38H2,1-6H3,(H,63,71)(H,64,72). The zero-order valence-electron chi connectivity index (χ0n) is 46.7. The number of likely N-dealkylation sites (tertiary alicyclic amines) is 2. The van der Waals surface area contributed by atoms with Crippen molar-refractivity contribution in [1.29, 1.82) is 0 Å². The maximum Gasteiger partial charge on any atom is 0.291 e. The highest BCUT2D eigenvalue weighted by Crippen LogP contribution is 2.50. The second kappa shape index (κ2) is 25.9. The number of hydrogen-bond donors (Lipinski definition) is 2. The number of rotatable bonds is 18. The Labute approximate surface area is 487 Å². The van der Waals surface area contributed by atoms with E-state index in [1.807, 2.05) is 65.8 Å². The lowest BCUT2D eigenvalue weighted by atomic mass is 9.89. The van der Waals surface area contributed by atoms with E-state index in [0.717, 1.165) is 34.0 Å². The van der Waals surface area contributed by atoms with E-state index in [0.29, 0.717) is 22.3 Å². The van der Waals surface area contributed by atoms with Crippen molar-refractivity contribution in [2.45, 2.75) is 98.6 Å². The van der Waals surface area contributed by atoms with Gasteiger partial charge in [0, 0.05) is 50.2 Å². The molecule has 4 amide bonds. The molecule has 0 bridgehead atoms. The maximum atomic E-state index is 13.8. The molecule has 0 aromatic heterocycles. The molecule has 2 heterocycles. The number of nitro benzene ring substituents is 2. The third-order valence-corrected chi connectivity index (χ3v) is 18.8. The van der Waals surface area contributed by atoms with Crippen LogP contribution in [0.2, 0.25) is 0 Å². The Morgan fingerprint density at radius 1 is 0.530 bits per heavy atom. The van der Waals surface area contributed by atoms with Crippen molar-refractivity contribution in [2.24, 2.45) is 11.8 Å². The van der Waals surface area contributed by atoms with Gasteiger partial charge in [0.1, 0.15) is 0 Å². The van der Waals surface area contributed by atoms with E-state index in [9.17, 15) is 56.2 Å². The fraction of sp³-hybridized carbons (Fsp3) is 0.290. The van der Waals surface area contributed by atoms with Crippen LogP contribution in [0.15, 0.2) is 153 Å². The Bertz CT molecular complexity index is 3540. The van der Waals surface area contributed by atoms with Crippen LogP contribution >= 0.6 is 11.8 Å². The quantitative estimate of drug-likeness (QED) is 0.0462. The molecule has 0 radical (unpaired) electrons. The van der Waals surface area contributed by atoms with Gasteiger partial charge in [-0.1, -0.05) is 136 Å². The van der Waals surface area contributed by atoms with Crippen LogP contribution in [-0.2, 0) is 39.2 Å². The van der Waals surface area contributed by atoms with Gasteiger partial charge in [-0.25, -0.2) is 26.3 Å². The van der Waals surface area contributed by atoms with Gasteiger partial charge in [-0.15, -0.1) is 0 Å². The number of carbonyl (C=O) groups excluding carboxylic acids is 4. The van der Waals surface area contributed by atoms with E-state index in [2.05, 4.69) is 9.44 Å². The Morgan fingerprint density at radius 3 is 1.19 bits per heavy atom. The van der Waals surface area contributed by atoms with Crippen molar-refractivity contribution in [3.8, 4) is 22.3 Å². The molecular formula is C62H64N6O12S3. The second-order valence-corrected chi connectivity index (χ2v) is 25.7. The molecule has 83 heavy (non-hydrogen) atoms. The number of sulfonamides is 2. The van der Waals surface area contributed by atoms with Gasteiger partial charge in [-0.3, -0.25) is 39.4 Å². The highest BCUT2D eigenvalue weighted by Gasteiger charge is 2.34. The lowest BCUT2D eigenvalue weighted by molar-refractivity contribution is -0.387. The van der Waals surface area contributed by atoms with E-state index in [-0.39, 0.29) is 106 Å². The smallest absolute Gasteiger partial charge is 0.291 e. The SMILES string of the molecule is Cc1ccc(S(=O)(=O)NC(=O)C2CCN(C(=O)C=Cc3ccc(Sc4ccc(C=CC(=O)N5CCC(C(=O)NS(=O)(=O)c6ccc(C)cc6)CC5)c(-c5ccccc5C(C)C)c4[N+](=O)[O-])c([N+](=O)[O-])c3-c3ccccc3C(C)C)CC2)cc1. The Balaban J connectivity index is 1.08. The van der Waals surface area contributed by atoms with Gasteiger partial charge in [0.25, 0.3) is 31.4 Å². The van der Waals surface area contributed by atoms with Gasteiger partial charge < -0.3 is 9.80 Å². The summed E-state index contributed by atoms with van der Waals surface area (Å²) in [4.78, 5) is 83.3. The van der Waals surface area contributed by atoms with E-state index in [1.54, 1.807) is 60.7 Å². The summed E-state index contributed by atoms with van der Waals surface area (Å²) in [5.74, 6) is -3.76. The molecule has 432 valence electrons. The highest BCUT2D eigenvalue weighted by atomic mass is 32.2. The summed E-state index contributed by atoms with van der Waals surface area (Å²) in [5, 5.41) is 27.2. The van der Waals surface area contributed by atoms with Crippen LogP contribution in [0.25, 0.3) is 34.4 Å². The minimum atomic E-state index is -4.11. The Kier molecular flexibility index (Phi) is 19.0. The van der Waals surface area contributed by atoms with Gasteiger partial charge in [0.15, 0.2) is 0 Å². The topological polar surface area (TPSA) is 253 Å². The largest absolute Gasteiger partial charge is 0.339 e. The van der Waals surface area contributed by atoms with Crippen molar-refractivity contribution in [3.05, 3.63) is 187 Å². The third-order valence-electron chi connectivity index (χ3n) is 14.9. The molecular weight excluding hydrogens is 1120 g/mol. The molecule has 0 atom stereocenters. The Morgan fingerprint density at radius 2 is 0.867 bits per heavy atom. The van der Waals surface area contributed by atoms with Crippen LogP contribution in [0.3, 0.4) is 0 Å². The maximum absolute atomic E-state index is 13.8. The number of nitro groups is 2. The summed E-state index contributed by atoms with van der Waals surface area (Å²) < 4.78 is 56.2. The monoisotopic (exact) mass is 1180 g/mol. The minimum absolute atomic E-state index is 0.0418. The number of piperidine rings is 2. The molecule has 6 aromatic rings. The molecule has 2 aliphatic rings.